The molecule has 1 aromatic heterocycles. The van der Waals surface area contributed by atoms with E-state index >= 15 is 0 Å². The molecule has 0 bridgehead atoms. The van der Waals surface area contributed by atoms with Crippen molar-refractivity contribution in [2.24, 2.45) is 0 Å². The van der Waals surface area contributed by atoms with Crippen LogP contribution in [0.15, 0.2) is 54.7 Å². The fourth-order valence-corrected chi connectivity index (χ4v) is 2.72. The molecule has 0 aliphatic heterocycles. The molecule has 0 aliphatic rings. The Kier molecular flexibility index (Phi) is 4.59. The second-order valence-electron chi connectivity index (χ2n) is 5.31. The molecule has 1 heterocycles. The number of rotatable bonds is 5. The van der Waals surface area contributed by atoms with E-state index in [2.05, 4.69) is 11.4 Å². The number of hydrogen-bond acceptors (Lipinski definition) is 3. The van der Waals surface area contributed by atoms with Crippen molar-refractivity contribution in [3.8, 4) is 11.8 Å². The van der Waals surface area contributed by atoms with Crippen molar-refractivity contribution < 1.29 is 9.53 Å². The Labute approximate surface area is 140 Å². The molecule has 0 fully saturated rings. The molecule has 0 saturated heterocycles. The van der Waals surface area contributed by atoms with Crippen molar-refractivity contribution in [3.05, 3.63) is 66.0 Å². The molecule has 120 valence electrons. The standard InChI is InChI=1S/C19H17N3O2/c1-24-12-10-21-19(23)18-15(13-20)9-11-22(18)17-8-4-6-14-5-2-3-7-16(14)17/h2-9,11H,10,12H2,1H3,(H,21,23). The molecule has 1 amide bonds. The monoisotopic (exact) mass is 319 g/mol. The zero-order valence-corrected chi connectivity index (χ0v) is 13.3. The van der Waals surface area contributed by atoms with Crippen LogP contribution in [0.4, 0.5) is 0 Å². The first-order valence-corrected chi connectivity index (χ1v) is 7.63. The Morgan fingerprint density at radius 1 is 1.21 bits per heavy atom. The molecule has 3 rings (SSSR count). The smallest absolute Gasteiger partial charge is 0.269 e. The molecule has 0 spiro atoms. The van der Waals surface area contributed by atoms with Crippen LogP contribution in [0.1, 0.15) is 16.1 Å². The first-order valence-electron chi connectivity index (χ1n) is 7.63. The molecule has 0 unspecified atom stereocenters. The van der Waals surface area contributed by atoms with Gasteiger partial charge in [-0.15, -0.1) is 0 Å². The van der Waals surface area contributed by atoms with E-state index < -0.39 is 0 Å². The molecule has 0 aliphatic carbocycles. The summed E-state index contributed by atoms with van der Waals surface area (Å²) in [5, 5.41) is 14.2. The van der Waals surface area contributed by atoms with E-state index in [1.165, 1.54) is 0 Å². The van der Waals surface area contributed by atoms with Crippen LogP contribution in [0.5, 0.6) is 0 Å². The van der Waals surface area contributed by atoms with E-state index in [0.717, 1.165) is 16.5 Å². The number of methoxy groups -OCH3 is 1. The van der Waals surface area contributed by atoms with Crippen molar-refractivity contribution in [2.75, 3.05) is 20.3 Å². The van der Waals surface area contributed by atoms with E-state index in [9.17, 15) is 10.1 Å². The molecule has 0 atom stereocenters. The van der Waals surface area contributed by atoms with Crippen LogP contribution in [0.3, 0.4) is 0 Å². The zero-order valence-electron chi connectivity index (χ0n) is 13.3. The van der Waals surface area contributed by atoms with Gasteiger partial charge in [0.25, 0.3) is 5.91 Å². The summed E-state index contributed by atoms with van der Waals surface area (Å²) in [4.78, 5) is 12.6. The maximum Gasteiger partial charge on any atom is 0.269 e. The van der Waals surface area contributed by atoms with E-state index in [4.69, 9.17) is 4.74 Å². The maximum atomic E-state index is 12.6. The van der Waals surface area contributed by atoms with Crippen molar-refractivity contribution >= 4 is 16.7 Å². The SMILES string of the molecule is COCCNC(=O)c1c(C#N)ccn1-c1cccc2ccccc12. The van der Waals surface area contributed by atoms with Gasteiger partial charge in [-0.05, 0) is 17.5 Å². The number of nitrogens with zero attached hydrogens (tertiary/aromatic N) is 2. The minimum Gasteiger partial charge on any atom is -0.383 e. The third kappa shape index (κ3) is 2.87. The summed E-state index contributed by atoms with van der Waals surface area (Å²) in [6, 6.07) is 17.6. The topological polar surface area (TPSA) is 67.0 Å². The van der Waals surface area contributed by atoms with Crippen LogP contribution in [-0.4, -0.2) is 30.7 Å². The molecule has 5 heteroatoms. The highest BCUT2D eigenvalue weighted by molar-refractivity contribution is 5.98. The van der Waals surface area contributed by atoms with Gasteiger partial charge in [0.2, 0.25) is 0 Å². The lowest BCUT2D eigenvalue weighted by atomic mass is 10.1. The van der Waals surface area contributed by atoms with Gasteiger partial charge in [0.05, 0.1) is 17.9 Å². The normalized spacial score (nSPS) is 10.5. The maximum absolute atomic E-state index is 12.6. The third-order valence-electron chi connectivity index (χ3n) is 3.84. The number of fused-ring (bicyclic) bond motifs is 1. The van der Waals surface area contributed by atoms with Crippen LogP contribution in [0, 0.1) is 11.3 Å². The van der Waals surface area contributed by atoms with Gasteiger partial charge in [0.15, 0.2) is 0 Å². The lowest BCUT2D eigenvalue weighted by Gasteiger charge is -2.13. The number of nitriles is 1. The molecular weight excluding hydrogens is 302 g/mol. The lowest BCUT2D eigenvalue weighted by molar-refractivity contribution is 0.0930. The Balaban J connectivity index is 2.10. The average Bonchev–Trinajstić information content (AvgIpc) is 3.05. The highest BCUT2D eigenvalue weighted by Crippen LogP contribution is 2.25. The first kappa shape index (κ1) is 15.8. The van der Waals surface area contributed by atoms with Crippen molar-refractivity contribution in [3.63, 3.8) is 0 Å². The zero-order chi connectivity index (χ0) is 16.9. The second-order valence-corrected chi connectivity index (χ2v) is 5.31. The molecule has 5 nitrogen and oxygen atoms in total. The van der Waals surface area contributed by atoms with E-state index in [-0.39, 0.29) is 5.91 Å². The fourth-order valence-electron chi connectivity index (χ4n) is 2.72. The fraction of sp³-hybridized carbons (Fsp3) is 0.158. The number of carbonyl (C=O) groups is 1. The number of aromatic nitrogens is 1. The van der Waals surface area contributed by atoms with Crippen LogP contribution in [0.2, 0.25) is 0 Å². The minimum atomic E-state index is -0.290. The van der Waals surface area contributed by atoms with Crippen molar-refractivity contribution in [2.45, 2.75) is 0 Å². The van der Waals surface area contributed by atoms with Crippen LogP contribution in [-0.2, 0) is 4.74 Å². The minimum absolute atomic E-state index is 0.290. The van der Waals surface area contributed by atoms with Gasteiger partial charge in [-0.3, -0.25) is 4.79 Å². The molecule has 0 radical (unpaired) electrons. The molecule has 0 saturated carbocycles. The molecule has 1 N–H and O–H groups in total. The molecule has 2 aromatic carbocycles. The van der Waals surface area contributed by atoms with E-state index in [0.29, 0.717) is 24.4 Å². The van der Waals surface area contributed by atoms with Gasteiger partial charge in [-0.1, -0.05) is 36.4 Å². The summed E-state index contributed by atoms with van der Waals surface area (Å²) in [6.07, 6.45) is 1.76. The summed E-state index contributed by atoms with van der Waals surface area (Å²) in [5.74, 6) is -0.290. The summed E-state index contributed by atoms with van der Waals surface area (Å²) < 4.78 is 6.72. The quantitative estimate of drug-likeness (QED) is 0.735. The van der Waals surface area contributed by atoms with Gasteiger partial charge in [0.1, 0.15) is 11.8 Å². The Morgan fingerprint density at radius 2 is 2.00 bits per heavy atom. The predicted octanol–water partition coefficient (Wildman–Crippen LogP) is 2.88. The number of carbonyl (C=O) groups excluding carboxylic acids is 1. The van der Waals surface area contributed by atoms with Gasteiger partial charge < -0.3 is 14.6 Å². The molecule has 24 heavy (non-hydrogen) atoms. The van der Waals surface area contributed by atoms with Gasteiger partial charge in [-0.25, -0.2) is 0 Å². The Hall–Kier alpha value is -3.10. The van der Waals surface area contributed by atoms with Crippen LogP contribution < -0.4 is 5.32 Å². The number of benzene rings is 2. The third-order valence-corrected chi connectivity index (χ3v) is 3.84. The number of ether oxygens (including phenoxy) is 1. The second kappa shape index (κ2) is 6.99. The number of hydrogen-bond donors (Lipinski definition) is 1. The summed E-state index contributed by atoms with van der Waals surface area (Å²) in [5.41, 5.74) is 1.55. The largest absolute Gasteiger partial charge is 0.383 e. The predicted molar refractivity (Wildman–Crippen MR) is 92.2 cm³/mol. The summed E-state index contributed by atoms with van der Waals surface area (Å²) in [7, 11) is 1.58. The summed E-state index contributed by atoms with van der Waals surface area (Å²) >= 11 is 0. The Bertz CT molecular complexity index is 917. The summed E-state index contributed by atoms with van der Waals surface area (Å²) in [6.45, 7) is 0.809. The van der Waals surface area contributed by atoms with E-state index in [1.54, 1.807) is 23.9 Å². The Morgan fingerprint density at radius 3 is 2.79 bits per heavy atom. The van der Waals surface area contributed by atoms with Crippen LogP contribution in [0.25, 0.3) is 16.5 Å². The van der Waals surface area contributed by atoms with Crippen LogP contribution >= 0.6 is 0 Å². The highest BCUT2D eigenvalue weighted by atomic mass is 16.5. The van der Waals surface area contributed by atoms with Gasteiger partial charge in [0, 0.05) is 25.2 Å². The number of amides is 1. The lowest BCUT2D eigenvalue weighted by Crippen LogP contribution is -2.29. The van der Waals surface area contributed by atoms with Crippen molar-refractivity contribution in [1.29, 1.82) is 5.26 Å². The molecular formula is C19H17N3O2. The van der Waals surface area contributed by atoms with Gasteiger partial charge in [-0.2, -0.15) is 5.26 Å². The van der Waals surface area contributed by atoms with Crippen molar-refractivity contribution in [1.82, 2.24) is 9.88 Å². The first-order chi connectivity index (χ1) is 11.8. The average molecular weight is 319 g/mol. The molecule has 3 aromatic rings. The highest BCUT2D eigenvalue weighted by Gasteiger charge is 2.18. The number of nitrogens with one attached hydrogen (secondary N) is 1. The van der Waals surface area contributed by atoms with Gasteiger partial charge >= 0.3 is 0 Å². The van der Waals surface area contributed by atoms with E-state index in [1.807, 2.05) is 42.5 Å².